The van der Waals surface area contributed by atoms with E-state index in [1.165, 1.54) is 12.8 Å². The fraction of sp³-hybridized carbons (Fsp3) is 0.521. The van der Waals surface area contributed by atoms with Crippen molar-refractivity contribution in [3.05, 3.63) is 194 Å². The Labute approximate surface area is 484 Å². The van der Waals surface area contributed by atoms with Gasteiger partial charge in [-0.05, 0) is 148 Å². The molecule has 0 radical (unpaired) electrons. The molecule has 0 aliphatic heterocycles. The van der Waals surface area contributed by atoms with E-state index in [2.05, 4.69) is 203 Å². The molecule has 438 valence electrons. The van der Waals surface area contributed by atoms with E-state index in [4.69, 9.17) is 14.2 Å². The van der Waals surface area contributed by atoms with Crippen LogP contribution in [0.15, 0.2) is 194 Å². The van der Waals surface area contributed by atoms with Crippen LogP contribution in [-0.4, -0.2) is 37.2 Å². The summed E-state index contributed by atoms with van der Waals surface area (Å²) < 4.78 is 16.8. The highest BCUT2D eigenvalue weighted by molar-refractivity contribution is 5.71. The Morgan fingerprint density at radius 2 is 0.481 bits per heavy atom. The Morgan fingerprint density at radius 3 is 0.759 bits per heavy atom. The maximum absolute atomic E-state index is 12.9. The van der Waals surface area contributed by atoms with Crippen molar-refractivity contribution in [2.45, 2.75) is 232 Å². The fourth-order valence-corrected chi connectivity index (χ4v) is 7.58. The molecule has 0 aromatic rings. The van der Waals surface area contributed by atoms with E-state index in [0.29, 0.717) is 19.3 Å². The molecule has 0 fully saturated rings. The maximum atomic E-state index is 12.9. The van der Waals surface area contributed by atoms with Crippen LogP contribution in [0.25, 0.3) is 0 Å². The SMILES string of the molecule is CC/C=C\C/C=C\C/C=C\C/C=C\C/C=C\C/C=C\CCCCCCCCC(=O)OCC(COC(=O)CCCCCC/C=C\C/C=C\C/C=C\C/C=C\CC)OC(=O)CC/C=C\C/C=C\C/C=C\C/C=C\C/C=C\C/C=C\CC. The van der Waals surface area contributed by atoms with Gasteiger partial charge in [-0.2, -0.15) is 0 Å². The van der Waals surface area contributed by atoms with Crippen molar-refractivity contribution in [3.63, 3.8) is 0 Å². The largest absolute Gasteiger partial charge is 0.462 e. The summed E-state index contributed by atoms with van der Waals surface area (Å²) in [6, 6.07) is 0. The first-order chi connectivity index (χ1) is 39.0. The Morgan fingerprint density at radius 1 is 0.253 bits per heavy atom. The Kier molecular flexibility index (Phi) is 60.1. The minimum Gasteiger partial charge on any atom is -0.462 e. The van der Waals surface area contributed by atoms with Crippen molar-refractivity contribution in [1.82, 2.24) is 0 Å². The lowest BCUT2D eigenvalue weighted by molar-refractivity contribution is -0.166. The minimum atomic E-state index is -0.849. The molecule has 0 rings (SSSR count). The van der Waals surface area contributed by atoms with Gasteiger partial charge in [-0.3, -0.25) is 14.4 Å². The molecule has 0 heterocycles. The number of hydrogen-bond donors (Lipinski definition) is 0. The molecule has 1 unspecified atom stereocenters. The smallest absolute Gasteiger partial charge is 0.306 e. The number of hydrogen-bond acceptors (Lipinski definition) is 6. The van der Waals surface area contributed by atoms with Crippen LogP contribution in [0, 0.1) is 0 Å². The zero-order chi connectivity index (χ0) is 57.1. The molecule has 0 aromatic carbocycles. The van der Waals surface area contributed by atoms with Crippen molar-refractivity contribution < 1.29 is 28.6 Å². The summed E-state index contributed by atoms with van der Waals surface area (Å²) >= 11 is 0. The molecular formula is C73H110O6. The van der Waals surface area contributed by atoms with Crippen LogP contribution < -0.4 is 0 Å². The Bertz CT molecular complexity index is 1920. The van der Waals surface area contributed by atoms with Gasteiger partial charge in [0.1, 0.15) is 13.2 Å². The number of allylic oxidation sites excluding steroid dienone is 32. The van der Waals surface area contributed by atoms with E-state index < -0.39 is 12.1 Å². The highest BCUT2D eigenvalue weighted by atomic mass is 16.6. The summed E-state index contributed by atoms with van der Waals surface area (Å²) in [5.74, 6) is -1.07. The first-order valence-corrected chi connectivity index (χ1v) is 30.9. The van der Waals surface area contributed by atoms with Gasteiger partial charge in [0.2, 0.25) is 0 Å². The molecule has 0 spiro atoms. The Balaban J connectivity index is 4.59. The summed E-state index contributed by atoms with van der Waals surface area (Å²) in [4.78, 5) is 38.3. The lowest BCUT2D eigenvalue weighted by Gasteiger charge is -2.18. The van der Waals surface area contributed by atoms with E-state index in [9.17, 15) is 14.4 Å². The van der Waals surface area contributed by atoms with E-state index in [1.54, 1.807) is 0 Å². The zero-order valence-corrected chi connectivity index (χ0v) is 50.0. The standard InChI is InChI=1S/C73H110O6/c1-4-7-10-13-16-19-22-25-28-31-33-34-35-36-37-38-40-42-45-48-51-54-57-60-63-66-72(75)78-69-70(68-77-71(74)65-62-59-56-53-50-47-44-41-30-27-24-21-18-15-12-9-6-3)79-73(76)67-64-61-58-55-52-49-46-43-39-32-29-26-23-20-17-14-11-8-5-2/h7-12,16-21,25-30,33-34,36-37,39-40,42-44,47,49,52,58,61,70H,4-6,13-15,22-24,31-32,35,38,41,45-46,48,50-51,53-57,59-60,62-69H2,1-3H3/b10-7-,11-8-,12-9-,19-16-,20-17-,21-18-,28-25-,29-26-,30-27-,34-33-,37-36-,42-40-,43-39-,47-44-,52-49-,61-58-. The third kappa shape index (κ3) is 63.0. The molecule has 0 saturated carbocycles. The van der Waals surface area contributed by atoms with Crippen LogP contribution in [0.5, 0.6) is 0 Å². The molecule has 0 N–H and O–H groups in total. The highest BCUT2D eigenvalue weighted by Crippen LogP contribution is 2.12. The van der Waals surface area contributed by atoms with Crippen molar-refractivity contribution in [3.8, 4) is 0 Å². The van der Waals surface area contributed by atoms with Crippen LogP contribution in [-0.2, 0) is 28.6 Å². The Hall–Kier alpha value is -5.75. The summed E-state index contributed by atoms with van der Waals surface area (Å²) in [5, 5.41) is 0. The third-order valence-corrected chi connectivity index (χ3v) is 12.1. The molecule has 6 nitrogen and oxygen atoms in total. The number of esters is 3. The van der Waals surface area contributed by atoms with Crippen molar-refractivity contribution in [2.24, 2.45) is 0 Å². The second-order valence-corrected chi connectivity index (χ2v) is 19.5. The molecule has 6 heteroatoms. The van der Waals surface area contributed by atoms with Gasteiger partial charge in [0, 0.05) is 19.3 Å². The fourth-order valence-electron chi connectivity index (χ4n) is 7.58. The number of ether oxygens (including phenoxy) is 3. The predicted molar refractivity (Wildman–Crippen MR) is 343 cm³/mol. The van der Waals surface area contributed by atoms with Crippen LogP contribution >= 0.6 is 0 Å². The lowest BCUT2D eigenvalue weighted by Crippen LogP contribution is -2.30. The van der Waals surface area contributed by atoms with E-state index in [1.807, 2.05) is 12.2 Å². The molecule has 79 heavy (non-hydrogen) atoms. The average molecular weight is 1080 g/mol. The predicted octanol–water partition coefficient (Wildman–Crippen LogP) is 21.4. The maximum Gasteiger partial charge on any atom is 0.306 e. The minimum absolute atomic E-state index is 0.135. The van der Waals surface area contributed by atoms with Gasteiger partial charge in [-0.1, -0.05) is 254 Å². The highest BCUT2D eigenvalue weighted by Gasteiger charge is 2.19. The van der Waals surface area contributed by atoms with Crippen LogP contribution in [0.2, 0.25) is 0 Å². The second-order valence-electron chi connectivity index (χ2n) is 19.5. The van der Waals surface area contributed by atoms with Gasteiger partial charge in [0.05, 0.1) is 0 Å². The molecule has 0 aromatic heterocycles. The monoisotopic (exact) mass is 1080 g/mol. The molecule has 1 atom stereocenters. The number of unbranched alkanes of at least 4 members (excludes halogenated alkanes) is 10. The van der Waals surface area contributed by atoms with Crippen molar-refractivity contribution in [1.29, 1.82) is 0 Å². The normalized spacial score (nSPS) is 13.5. The first kappa shape index (κ1) is 73.2. The van der Waals surface area contributed by atoms with Crippen LogP contribution in [0.4, 0.5) is 0 Å². The van der Waals surface area contributed by atoms with E-state index >= 15 is 0 Å². The topological polar surface area (TPSA) is 78.9 Å². The molecule has 0 aliphatic rings. The first-order valence-electron chi connectivity index (χ1n) is 30.9. The number of carbonyl (C=O) groups is 3. The van der Waals surface area contributed by atoms with Crippen LogP contribution in [0.3, 0.4) is 0 Å². The summed E-state index contributed by atoms with van der Waals surface area (Å²) in [6.45, 7) is 6.18. The molecule has 0 aliphatic carbocycles. The van der Waals surface area contributed by atoms with Gasteiger partial charge in [0.15, 0.2) is 6.10 Å². The molecular weight excluding hydrogens is 973 g/mol. The van der Waals surface area contributed by atoms with Gasteiger partial charge in [-0.15, -0.1) is 0 Å². The van der Waals surface area contributed by atoms with Crippen LogP contribution in [0.1, 0.15) is 226 Å². The zero-order valence-electron chi connectivity index (χ0n) is 50.0. The third-order valence-electron chi connectivity index (χ3n) is 12.1. The molecule has 0 bridgehead atoms. The average Bonchev–Trinajstić information content (AvgIpc) is 3.45. The molecule has 0 saturated heterocycles. The molecule has 0 amide bonds. The van der Waals surface area contributed by atoms with Gasteiger partial charge < -0.3 is 14.2 Å². The van der Waals surface area contributed by atoms with Crippen molar-refractivity contribution >= 4 is 17.9 Å². The van der Waals surface area contributed by atoms with Gasteiger partial charge >= 0.3 is 17.9 Å². The van der Waals surface area contributed by atoms with Gasteiger partial charge in [0.25, 0.3) is 0 Å². The lowest BCUT2D eigenvalue weighted by atomic mass is 10.1. The summed E-state index contributed by atoms with van der Waals surface area (Å²) in [7, 11) is 0. The quantitative estimate of drug-likeness (QED) is 0.0261. The van der Waals surface area contributed by atoms with E-state index in [-0.39, 0.29) is 31.6 Å². The summed E-state index contributed by atoms with van der Waals surface area (Å²) in [5.41, 5.74) is 0. The summed E-state index contributed by atoms with van der Waals surface area (Å²) in [6.07, 6.45) is 98.6. The van der Waals surface area contributed by atoms with Crippen molar-refractivity contribution in [2.75, 3.05) is 13.2 Å². The second kappa shape index (κ2) is 64.8. The van der Waals surface area contributed by atoms with Gasteiger partial charge in [-0.25, -0.2) is 0 Å². The number of carbonyl (C=O) groups excluding carboxylic acids is 3. The van der Waals surface area contributed by atoms with E-state index in [0.717, 1.165) is 167 Å². The number of rotatable bonds is 53.